The van der Waals surface area contributed by atoms with Gasteiger partial charge < -0.3 is 0 Å². The molecular formula is C5H5ClO2. The summed E-state index contributed by atoms with van der Waals surface area (Å²) in [4.78, 5) is 20.2. The first-order valence-electron chi connectivity index (χ1n) is 1.95. The summed E-state index contributed by atoms with van der Waals surface area (Å²) in [7, 11) is 0. The fourth-order valence-electron chi connectivity index (χ4n) is 0.168. The first kappa shape index (κ1) is 7.37. The second-order valence-electron chi connectivity index (χ2n) is 1.38. The van der Waals surface area contributed by atoms with E-state index >= 15 is 0 Å². The molecule has 0 bridgehead atoms. The summed E-state index contributed by atoms with van der Waals surface area (Å²) in [6.45, 7) is 4.65. The van der Waals surface area contributed by atoms with E-state index in [1.54, 1.807) is 0 Å². The van der Waals surface area contributed by atoms with E-state index in [9.17, 15) is 9.59 Å². The van der Waals surface area contributed by atoms with Crippen LogP contribution in [0.2, 0.25) is 0 Å². The molecule has 0 amide bonds. The molecular weight excluding hydrogens is 128 g/mol. The van der Waals surface area contributed by atoms with E-state index in [2.05, 4.69) is 6.58 Å². The average Bonchev–Trinajstić information content (AvgIpc) is 1.64. The van der Waals surface area contributed by atoms with Gasteiger partial charge in [0.15, 0.2) is 0 Å². The number of carbonyl (C=O) groups is 2. The van der Waals surface area contributed by atoms with Gasteiger partial charge in [0.25, 0.3) is 5.24 Å². The van der Waals surface area contributed by atoms with E-state index in [-0.39, 0.29) is 5.57 Å². The molecule has 0 aliphatic rings. The molecule has 0 N–H and O–H groups in total. The van der Waals surface area contributed by atoms with Crippen molar-refractivity contribution in [2.45, 2.75) is 6.92 Å². The molecule has 0 spiro atoms. The highest BCUT2D eigenvalue weighted by molar-refractivity contribution is 6.83. The maximum absolute atomic E-state index is 10.3. The van der Waals surface area contributed by atoms with E-state index in [1.807, 2.05) is 0 Å². The number of ketones is 1. The first-order chi connectivity index (χ1) is 3.55. The number of carbonyl (C=O) groups excluding carboxylic acids is 2. The SMILES string of the molecule is C=C(C)C(=O)C(=O)Cl. The van der Waals surface area contributed by atoms with Crippen molar-refractivity contribution < 1.29 is 9.59 Å². The van der Waals surface area contributed by atoms with Crippen molar-refractivity contribution in [3.63, 3.8) is 0 Å². The largest absolute Gasteiger partial charge is 0.292 e. The van der Waals surface area contributed by atoms with Crippen LogP contribution in [0.1, 0.15) is 6.92 Å². The molecule has 44 valence electrons. The van der Waals surface area contributed by atoms with Crippen molar-refractivity contribution in [1.82, 2.24) is 0 Å². The monoisotopic (exact) mass is 132 g/mol. The highest BCUT2D eigenvalue weighted by atomic mass is 35.5. The van der Waals surface area contributed by atoms with Crippen LogP contribution in [0.4, 0.5) is 0 Å². The van der Waals surface area contributed by atoms with Gasteiger partial charge in [-0.25, -0.2) is 0 Å². The topological polar surface area (TPSA) is 34.1 Å². The van der Waals surface area contributed by atoms with Crippen LogP contribution in [-0.2, 0) is 9.59 Å². The second kappa shape index (κ2) is 2.62. The molecule has 0 rings (SSSR count). The molecule has 0 atom stereocenters. The van der Waals surface area contributed by atoms with Crippen LogP contribution in [0.3, 0.4) is 0 Å². The number of hydrogen-bond donors (Lipinski definition) is 0. The Kier molecular flexibility index (Phi) is 2.42. The van der Waals surface area contributed by atoms with E-state index < -0.39 is 11.0 Å². The molecule has 0 aromatic heterocycles. The maximum Gasteiger partial charge on any atom is 0.292 e. The van der Waals surface area contributed by atoms with Crippen molar-refractivity contribution in [3.8, 4) is 0 Å². The lowest BCUT2D eigenvalue weighted by atomic mass is 10.2. The lowest BCUT2D eigenvalue weighted by Crippen LogP contribution is -2.06. The molecule has 0 aromatic carbocycles. The van der Waals surface area contributed by atoms with Gasteiger partial charge in [0.2, 0.25) is 5.78 Å². The zero-order chi connectivity index (χ0) is 6.73. The fraction of sp³-hybridized carbons (Fsp3) is 0.200. The summed E-state index contributed by atoms with van der Waals surface area (Å²) in [5.74, 6) is -0.716. The zero-order valence-electron chi connectivity index (χ0n) is 4.40. The van der Waals surface area contributed by atoms with E-state index in [0.717, 1.165) is 0 Å². The summed E-state index contributed by atoms with van der Waals surface area (Å²) < 4.78 is 0. The molecule has 0 unspecified atom stereocenters. The van der Waals surface area contributed by atoms with Gasteiger partial charge in [0.1, 0.15) is 0 Å². The molecule has 0 fully saturated rings. The Morgan fingerprint density at radius 1 is 1.50 bits per heavy atom. The third kappa shape index (κ3) is 1.89. The highest BCUT2D eigenvalue weighted by Gasteiger charge is 2.08. The van der Waals surface area contributed by atoms with Gasteiger partial charge in [0.05, 0.1) is 0 Å². The fourth-order valence-corrected chi connectivity index (χ4v) is 0.329. The van der Waals surface area contributed by atoms with Gasteiger partial charge in [-0.15, -0.1) is 0 Å². The molecule has 0 heterocycles. The number of rotatable bonds is 2. The van der Waals surface area contributed by atoms with E-state index in [1.165, 1.54) is 6.92 Å². The number of halogens is 1. The maximum atomic E-state index is 10.3. The summed E-state index contributed by atoms with van der Waals surface area (Å²) in [6, 6.07) is 0. The third-order valence-corrected chi connectivity index (χ3v) is 0.738. The molecule has 3 heteroatoms. The molecule has 0 aromatic rings. The Morgan fingerprint density at radius 2 is 1.88 bits per heavy atom. The van der Waals surface area contributed by atoms with E-state index in [0.29, 0.717) is 0 Å². The quantitative estimate of drug-likeness (QED) is 0.318. The minimum atomic E-state index is -0.975. The predicted octanol–water partition coefficient (Wildman–Crippen LogP) is 0.897. The van der Waals surface area contributed by atoms with Gasteiger partial charge in [-0.3, -0.25) is 9.59 Å². The van der Waals surface area contributed by atoms with Gasteiger partial charge >= 0.3 is 0 Å². The minimum Gasteiger partial charge on any atom is -0.284 e. The van der Waals surface area contributed by atoms with Crippen LogP contribution in [-0.4, -0.2) is 11.0 Å². The Hall–Kier alpha value is -0.630. The molecule has 0 saturated heterocycles. The lowest BCUT2D eigenvalue weighted by molar-refractivity contribution is -0.129. The number of Topliss-reactive ketones (excluding diaryl/α,β-unsaturated/α-hetero) is 1. The Balaban J connectivity index is 4.05. The molecule has 8 heavy (non-hydrogen) atoms. The normalized spacial score (nSPS) is 8.25. The standard InChI is InChI=1S/C5H5ClO2/c1-3(2)4(7)5(6)8/h1H2,2H3. The Bertz CT molecular complexity index is 133. The van der Waals surface area contributed by atoms with Crippen LogP contribution >= 0.6 is 11.6 Å². The smallest absolute Gasteiger partial charge is 0.284 e. The highest BCUT2D eigenvalue weighted by Crippen LogP contribution is 1.93. The molecule has 0 aliphatic heterocycles. The zero-order valence-corrected chi connectivity index (χ0v) is 5.16. The molecule has 0 aliphatic carbocycles. The van der Waals surface area contributed by atoms with Crippen molar-refractivity contribution in [2.24, 2.45) is 0 Å². The summed E-state index contributed by atoms with van der Waals surface area (Å²) in [5.41, 5.74) is 0.171. The van der Waals surface area contributed by atoms with Gasteiger partial charge in [-0.1, -0.05) is 6.58 Å². The first-order valence-corrected chi connectivity index (χ1v) is 2.33. The van der Waals surface area contributed by atoms with Crippen LogP contribution in [0.15, 0.2) is 12.2 Å². The van der Waals surface area contributed by atoms with Crippen molar-refractivity contribution >= 4 is 22.6 Å². The van der Waals surface area contributed by atoms with Crippen LogP contribution < -0.4 is 0 Å². The predicted molar refractivity (Wildman–Crippen MR) is 30.7 cm³/mol. The summed E-state index contributed by atoms with van der Waals surface area (Å²) in [6.07, 6.45) is 0. The third-order valence-electron chi connectivity index (χ3n) is 0.566. The summed E-state index contributed by atoms with van der Waals surface area (Å²) in [5, 5.41) is -0.975. The van der Waals surface area contributed by atoms with Gasteiger partial charge in [0, 0.05) is 0 Å². The van der Waals surface area contributed by atoms with E-state index in [4.69, 9.17) is 11.6 Å². The van der Waals surface area contributed by atoms with Crippen LogP contribution in [0.25, 0.3) is 0 Å². The molecule has 2 nitrogen and oxygen atoms in total. The average molecular weight is 133 g/mol. The van der Waals surface area contributed by atoms with Gasteiger partial charge in [-0.2, -0.15) is 0 Å². The Labute approximate surface area is 52.1 Å². The second-order valence-corrected chi connectivity index (χ2v) is 1.73. The number of hydrogen-bond acceptors (Lipinski definition) is 2. The molecule has 0 saturated carbocycles. The van der Waals surface area contributed by atoms with Crippen LogP contribution in [0, 0.1) is 0 Å². The van der Waals surface area contributed by atoms with Crippen molar-refractivity contribution in [2.75, 3.05) is 0 Å². The van der Waals surface area contributed by atoms with Crippen molar-refractivity contribution in [3.05, 3.63) is 12.2 Å². The number of allylic oxidation sites excluding steroid dienone is 1. The summed E-state index contributed by atoms with van der Waals surface area (Å²) >= 11 is 4.77. The van der Waals surface area contributed by atoms with Crippen molar-refractivity contribution in [1.29, 1.82) is 0 Å². The molecule has 0 radical (unpaired) electrons. The lowest BCUT2D eigenvalue weighted by Gasteiger charge is -1.85. The van der Waals surface area contributed by atoms with Crippen LogP contribution in [0.5, 0.6) is 0 Å². The minimum absolute atomic E-state index is 0.171. The Morgan fingerprint density at radius 3 is 1.88 bits per heavy atom. The van der Waals surface area contributed by atoms with Gasteiger partial charge in [-0.05, 0) is 24.1 Å².